The van der Waals surface area contributed by atoms with Gasteiger partial charge in [0.05, 0.1) is 0 Å². The van der Waals surface area contributed by atoms with Gasteiger partial charge in [-0.15, -0.1) is 5.73 Å². The average molecular weight is 337 g/mol. The van der Waals surface area contributed by atoms with E-state index in [4.69, 9.17) is 0 Å². The molecule has 144 valence electrons. The third-order valence-electron chi connectivity index (χ3n) is 4.78. The van der Waals surface area contributed by atoms with Crippen LogP contribution in [-0.4, -0.2) is 0 Å². The Morgan fingerprint density at radius 1 is 0.875 bits per heavy atom. The summed E-state index contributed by atoms with van der Waals surface area (Å²) >= 11 is 0. The number of rotatable bonds is 11. The van der Waals surface area contributed by atoms with Crippen LogP contribution in [0.15, 0.2) is 17.9 Å². The molecule has 0 saturated carbocycles. The summed E-state index contributed by atoms with van der Waals surface area (Å²) in [6.07, 6.45) is 13.5. The minimum Gasteiger partial charge on any atom is -0.130 e. The Balaban J connectivity index is 0. The molecule has 0 aliphatic heterocycles. The van der Waals surface area contributed by atoms with Crippen LogP contribution in [-0.2, 0) is 0 Å². The molecule has 0 fully saturated rings. The summed E-state index contributed by atoms with van der Waals surface area (Å²) in [6.45, 7) is 21.9. The quantitative estimate of drug-likeness (QED) is 0.330. The van der Waals surface area contributed by atoms with Crippen molar-refractivity contribution in [2.24, 2.45) is 17.3 Å². The highest BCUT2D eigenvalue weighted by Crippen LogP contribution is 2.24. The molecule has 0 heterocycles. The Morgan fingerprint density at radius 3 is 1.75 bits per heavy atom. The normalized spacial score (nSPS) is 12.4. The van der Waals surface area contributed by atoms with Crippen LogP contribution in [0.25, 0.3) is 0 Å². The maximum atomic E-state index is 3.70. The van der Waals surface area contributed by atoms with Gasteiger partial charge in [-0.25, -0.2) is 0 Å². The van der Waals surface area contributed by atoms with Gasteiger partial charge in [0.1, 0.15) is 0 Å². The Labute approximate surface area is 155 Å². The third kappa shape index (κ3) is 19.6. The van der Waals surface area contributed by atoms with E-state index in [0.29, 0.717) is 5.41 Å². The van der Waals surface area contributed by atoms with E-state index in [0.717, 1.165) is 11.8 Å². The summed E-state index contributed by atoms with van der Waals surface area (Å²) in [5, 5.41) is 0. The van der Waals surface area contributed by atoms with Gasteiger partial charge in [-0.2, -0.15) is 0 Å². The first kappa shape index (κ1) is 25.8. The van der Waals surface area contributed by atoms with Crippen molar-refractivity contribution in [3.63, 3.8) is 0 Å². The van der Waals surface area contributed by atoms with Crippen molar-refractivity contribution >= 4 is 0 Å². The maximum Gasteiger partial charge on any atom is -0.0244 e. The second-order valence-electron chi connectivity index (χ2n) is 8.93. The Bertz CT molecular complexity index is 305. The van der Waals surface area contributed by atoms with Crippen LogP contribution in [0, 0.1) is 17.3 Å². The van der Waals surface area contributed by atoms with Gasteiger partial charge in [0, 0.05) is 0 Å². The fourth-order valence-corrected chi connectivity index (χ4v) is 3.22. The largest absolute Gasteiger partial charge is 0.130 e. The molecule has 0 aromatic heterocycles. The lowest BCUT2D eigenvalue weighted by Crippen LogP contribution is -2.04. The van der Waals surface area contributed by atoms with Crippen LogP contribution >= 0.6 is 0 Å². The standard InChI is InChI=1S/C17H32.C7H16/c1-6-9-17(10-7-2)14-13-16(5)12-11-15(4)8-3;1-5-6-7(2,3)4/h16-17H,3,6-7,9-14H2,1-2,4-5H3;5-6H2,1-4H3. The van der Waals surface area contributed by atoms with E-state index in [1.165, 1.54) is 69.8 Å². The third-order valence-corrected chi connectivity index (χ3v) is 4.78. The lowest BCUT2D eigenvalue weighted by atomic mass is 9.88. The molecule has 0 rings (SSSR count). The molecule has 0 aromatic carbocycles. The Hall–Kier alpha value is -0.480. The number of hydrogen-bond donors (Lipinski definition) is 0. The molecule has 0 aliphatic rings. The highest BCUT2D eigenvalue weighted by Gasteiger charge is 2.10. The van der Waals surface area contributed by atoms with Crippen molar-refractivity contribution < 1.29 is 0 Å². The molecular formula is C24H48. The molecule has 0 saturated heterocycles. The first-order chi connectivity index (χ1) is 11.2. The zero-order valence-corrected chi connectivity index (χ0v) is 18.4. The number of hydrogen-bond acceptors (Lipinski definition) is 0. The zero-order chi connectivity index (χ0) is 19.0. The minimum atomic E-state index is 0.550. The topological polar surface area (TPSA) is 0 Å². The van der Waals surface area contributed by atoms with Gasteiger partial charge in [0.15, 0.2) is 0 Å². The molecule has 24 heavy (non-hydrogen) atoms. The molecule has 1 atom stereocenters. The van der Waals surface area contributed by atoms with E-state index in [1.807, 2.05) is 0 Å². The monoisotopic (exact) mass is 336 g/mol. The van der Waals surface area contributed by atoms with E-state index in [-0.39, 0.29) is 0 Å². The predicted octanol–water partition coefficient (Wildman–Crippen LogP) is 8.96. The molecule has 0 amide bonds. The minimum absolute atomic E-state index is 0.550. The van der Waals surface area contributed by atoms with Crippen LogP contribution in [0.5, 0.6) is 0 Å². The molecule has 0 radical (unpaired) electrons. The van der Waals surface area contributed by atoms with Crippen LogP contribution in [0.4, 0.5) is 0 Å². The Morgan fingerprint density at radius 2 is 1.42 bits per heavy atom. The van der Waals surface area contributed by atoms with Crippen molar-refractivity contribution in [1.29, 1.82) is 0 Å². The molecule has 0 aliphatic carbocycles. The fourth-order valence-electron chi connectivity index (χ4n) is 3.22. The van der Waals surface area contributed by atoms with Crippen molar-refractivity contribution in [1.82, 2.24) is 0 Å². The van der Waals surface area contributed by atoms with E-state index in [1.54, 1.807) is 0 Å². The molecule has 0 bridgehead atoms. The van der Waals surface area contributed by atoms with Crippen molar-refractivity contribution in [2.75, 3.05) is 0 Å². The van der Waals surface area contributed by atoms with E-state index < -0.39 is 0 Å². The molecular weight excluding hydrogens is 288 g/mol. The molecule has 0 aromatic rings. The van der Waals surface area contributed by atoms with E-state index in [2.05, 4.69) is 67.7 Å². The van der Waals surface area contributed by atoms with Gasteiger partial charge in [0.2, 0.25) is 0 Å². The average Bonchev–Trinajstić information content (AvgIpc) is 2.50. The summed E-state index contributed by atoms with van der Waals surface area (Å²) in [4.78, 5) is 0. The van der Waals surface area contributed by atoms with Gasteiger partial charge in [-0.1, -0.05) is 100.0 Å². The van der Waals surface area contributed by atoms with Crippen molar-refractivity contribution in [3.8, 4) is 0 Å². The summed E-state index contributed by atoms with van der Waals surface area (Å²) in [5.74, 6) is 1.83. The second kappa shape index (κ2) is 16.0. The molecule has 0 N–H and O–H groups in total. The molecule has 1 unspecified atom stereocenters. The van der Waals surface area contributed by atoms with E-state index >= 15 is 0 Å². The fraction of sp³-hybridized carbons (Fsp3) is 0.875. The summed E-state index contributed by atoms with van der Waals surface area (Å²) < 4.78 is 0. The van der Waals surface area contributed by atoms with Gasteiger partial charge in [-0.3, -0.25) is 0 Å². The van der Waals surface area contributed by atoms with Gasteiger partial charge in [-0.05, 0) is 49.0 Å². The maximum absolute atomic E-state index is 3.70. The van der Waals surface area contributed by atoms with Crippen LogP contribution in [0.2, 0.25) is 0 Å². The van der Waals surface area contributed by atoms with Gasteiger partial charge in [0.25, 0.3) is 0 Å². The lowest BCUT2D eigenvalue weighted by molar-refractivity contribution is 0.355. The van der Waals surface area contributed by atoms with Crippen LogP contribution in [0.3, 0.4) is 0 Å². The van der Waals surface area contributed by atoms with Crippen LogP contribution in [0.1, 0.15) is 120 Å². The second-order valence-corrected chi connectivity index (χ2v) is 8.93. The highest BCUT2D eigenvalue weighted by molar-refractivity contribution is 4.93. The van der Waals surface area contributed by atoms with Crippen molar-refractivity contribution in [3.05, 3.63) is 17.9 Å². The summed E-state index contributed by atoms with van der Waals surface area (Å²) in [5.41, 5.74) is 4.86. The first-order valence-electron chi connectivity index (χ1n) is 10.6. The molecule has 0 nitrogen and oxygen atoms in total. The zero-order valence-electron chi connectivity index (χ0n) is 18.4. The molecule has 0 heteroatoms. The summed E-state index contributed by atoms with van der Waals surface area (Å²) in [7, 11) is 0. The molecule has 0 spiro atoms. The summed E-state index contributed by atoms with van der Waals surface area (Å²) in [6, 6.07) is 0. The van der Waals surface area contributed by atoms with Gasteiger partial charge < -0.3 is 0 Å². The predicted molar refractivity (Wildman–Crippen MR) is 114 cm³/mol. The first-order valence-corrected chi connectivity index (χ1v) is 10.6. The SMILES string of the molecule is C=C=C(C)CCC(C)CCC(CCC)CCC.CCCC(C)(C)C. The highest BCUT2D eigenvalue weighted by atomic mass is 14.2. The van der Waals surface area contributed by atoms with Crippen LogP contribution < -0.4 is 0 Å². The Kier molecular flexibility index (Phi) is 17.2. The lowest BCUT2D eigenvalue weighted by Gasteiger charge is -2.18. The number of allylic oxidation sites excluding steroid dienone is 1. The smallest absolute Gasteiger partial charge is 0.0244 e. The van der Waals surface area contributed by atoms with Gasteiger partial charge >= 0.3 is 0 Å². The van der Waals surface area contributed by atoms with E-state index in [9.17, 15) is 0 Å². The van der Waals surface area contributed by atoms with Crippen molar-refractivity contribution in [2.45, 2.75) is 120 Å².